The smallest absolute Gasteiger partial charge is 0.237 e. The van der Waals surface area contributed by atoms with Gasteiger partial charge in [-0.25, -0.2) is 4.39 Å². The molecule has 1 saturated heterocycles. The summed E-state index contributed by atoms with van der Waals surface area (Å²) in [7, 11) is 4.72. The van der Waals surface area contributed by atoms with Crippen LogP contribution in [0.25, 0.3) is 0 Å². The van der Waals surface area contributed by atoms with Crippen molar-refractivity contribution in [2.24, 2.45) is 0 Å². The van der Waals surface area contributed by atoms with Gasteiger partial charge in [0, 0.05) is 56.5 Å². The maximum atomic E-state index is 15.2. The largest absolute Gasteiger partial charge is 0.375 e. The standard InChI is InChI=1S/C31H44BFN4O5/c1-29(2)19-37(20-30(3,4)42-29)16-21-12-13-25(33)24(15-21)31(32,41)35-26-10-7-9-22(18-39)23(26)17-36(6)27(11-8-14-38)28(40)34-5/h7,9-10,12-15,18,27,35,41H,8,11,16-17,19-20,32H2,1-6H3,(H,34,40). The number of hydrogen-bond donors (Lipinski definition) is 3. The number of anilines is 1. The Balaban J connectivity index is 1.90. The van der Waals surface area contributed by atoms with Crippen molar-refractivity contribution in [2.45, 2.75) is 76.5 Å². The average molecular weight is 583 g/mol. The molecular formula is C31H44BFN4O5. The molecule has 0 spiro atoms. The lowest BCUT2D eigenvalue weighted by Crippen LogP contribution is -2.56. The molecule has 0 saturated carbocycles. The van der Waals surface area contributed by atoms with Crippen molar-refractivity contribution in [3.63, 3.8) is 0 Å². The van der Waals surface area contributed by atoms with Gasteiger partial charge >= 0.3 is 0 Å². The highest BCUT2D eigenvalue weighted by atomic mass is 19.1. The summed E-state index contributed by atoms with van der Waals surface area (Å²) in [6.07, 6.45) is 1.97. The SMILES string of the molecule is BC(O)(Nc1cccc(C=O)c1CN(C)C(CCC=O)C(=O)NC)c1cc(CN2CC(C)(C)OC(C)(C)C2)ccc1F. The van der Waals surface area contributed by atoms with Crippen molar-refractivity contribution in [3.8, 4) is 0 Å². The number of likely N-dealkylation sites (N-methyl/N-ethyl adjacent to an activating group) is 2. The Labute approximate surface area is 249 Å². The molecule has 1 aliphatic rings. The van der Waals surface area contributed by atoms with Gasteiger partial charge in [-0.05, 0) is 70.5 Å². The maximum absolute atomic E-state index is 15.2. The van der Waals surface area contributed by atoms with Crippen LogP contribution in [0.15, 0.2) is 36.4 Å². The van der Waals surface area contributed by atoms with Crippen LogP contribution in [0.1, 0.15) is 67.6 Å². The number of benzene rings is 2. The number of amides is 1. The minimum Gasteiger partial charge on any atom is -0.375 e. The first-order valence-corrected chi connectivity index (χ1v) is 14.3. The summed E-state index contributed by atoms with van der Waals surface area (Å²) in [5.74, 6) is -0.826. The second kappa shape index (κ2) is 13.5. The van der Waals surface area contributed by atoms with E-state index in [9.17, 15) is 19.5 Å². The fourth-order valence-corrected chi connectivity index (χ4v) is 6.00. The summed E-state index contributed by atoms with van der Waals surface area (Å²) in [4.78, 5) is 39.5. The molecule has 0 radical (unpaired) electrons. The Morgan fingerprint density at radius 1 is 1.21 bits per heavy atom. The fourth-order valence-electron chi connectivity index (χ4n) is 6.00. The van der Waals surface area contributed by atoms with E-state index in [1.807, 2.05) is 27.7 Å². The number of ether oxygens (including phenoxy) is 1. The van der Waals surface area contributed by atoms with Crippen LogP contribution in [0.3, 0.4) is 0 Å². The van der Waals surface area contributed by atoms with Gasteiger partial charge in [-0.15, -0.1) is 0 Å². The van der Waals surface area contributed by atoms with E-state index in [2.05, 4.69) is 15.5 Å². The molecule has 0 aliphatic carbocycles. The zero-order valence-corrected chi connectivity index (χ0v) is 25.8. The number of aldehydes is 2. The summed E-state index contributed by atoms with van der Waals surface area (Å²) in [5, 5.41) is 17.3. The zero-order chi connectivity index (χ0) is 31.3. The molecule has 2 aromatic rings. The molecule has 3 N–H and O–H groups in total. The lowest BCUT2D eigenvalue weighted by Gasteiger charge is -2.47. The van der Waals surface area contributed by atoms with Gasteiger partial charge in [0.25, 0.3) is 0 Å². The Morgan fingerprint density at radius 2 is 1.88 bits per heavy atom. The molecule has 1 fully saturated rings. The van der Waals surface area contributed by atoms with Crippen LogP contribution in [-0.2, 0) is 33.0 Å². The number of hydrogen-bond acceptors (Lipinski definition) is 8. The van der Waals surface area contributed by atoms with E-state index >= 15 is 4.39 Å². The summed E-state index contributed by atoms with van der Waals surface area (Å²) in [5.41, 5.74) is -0.294. The van der Waals surface area contributed by atoms with E-state index in [4.69, 9.17) is 4.74 Å². The molecule has 228 valence electrons. The second-order valence-corrected chi connectivity index (χ2v) is 12.6. The number of carbonyl (C=O) groups excluding carboxylic acids is 3. The molecule has 9 nitrogen and oxygen atoms in total. The fraction of sp³-hybridized carbons (Fsp3) is 0.516. The first kappa shape index (κ1) is 33.4. The molecular weight excluding hydrogens is 538 g/mol. The average Bonchev–Trinajstić information content (AvgIpc) is 2.88. The Hall–Kier alpha value is -3.12. The van der Waals surface area contributed by atoms with Crippen molar-refractivity contribution >= 4 is 32.0 Å². The predicted octanol–water partition coefficient (Wildman–Crippen LogP) is 2.40. The molecule has 1 amide bonds. The first-order valence-electron chi connectivity index (χ1n) is 14.3. The number of aliphatic hydroxyl groups is 1. The van der Waals surface area contributed by atoms with Gasteiger partial charge in [-0.1, -0.05) is 18.2 Å². The molecule has 2 atom stereocenters. The van der Waals surface area contributed by atoms with Crippen LogP contribution < -0.4 is 10.6 Å². The van der Waals surface area contributed by atoms with Crippen LogP contribution >= 0.6 is 0 Å². The predicted molar refractivity (Wildman–Crippen MR) is 163 cm³/mol. The molecule has 1 aliphatic heterocycles. The van der Waals surface area contributed by atoms with E-state index in [0.717, 1.165) is 11.8 Å². The number of morpholine rings is 1. The minimum atomic E-state index is -1.84. The van der Waals surface area contributed by atoms with E-state index in [-0.39, 0.29) is 35.6 Å². The van der Waals surface area contributed by atoms with Gasteiger partial charge < -0.3 is 25.3 Å². The molecule has 0 bridgehead atoms. The van der Waals surface area contributed by atoms with E-state index in [1.54, 1.807) is 42.3 Å². The van der Waals surface area contributed by atoms with E-state index in [0.29, 0.717) is 49.2 Å². The van der Waals surface area contributed by atoms with Crippen molar-refractivity contribution in [2.75, 3.05) is 32.5 Å². The summed E-state index contributed by atoms with van der Waals surface area (Å²) in [6, 6.07) is 9.13. The Kier molecular flexibility index (Phi) is 10.7. The van der Waals surface area contributed by atoms with Crippen LogP contribution in [0.2, 0.25) is 0 Å². The minimum absolute atomic E-state index is 0.0665. The number of nitrogens with zero attached hydrogens (tertiary/aromatic N) is 2. The van der Waals surface area contributed by atoms with Crippen LogP contribution in [0.5, 0.6) is 0 Å². The van der Waals surface area contributed by atoms with E-state index < -0.39 is 17.5 Å². The highest BCUT2D eigenvalue weighted by Crippen LogP contribution is 2.32. The monoisotopic (exact) mass is 582 g/mol. The van der Waals surface area contributed by atoms with Gasteiger partial charge in [-0.3, -0.25) is 19.4 Å². The zero-order valence-electron chi connectivity index (χ0n) is 25.8. The van der Waals surface area contributed by atoms with Crippen molar-refractivity contribution in [1.82, 2.24) is 15.1 Å². The second-order valence-electron chi connectivity index (χ2n) is 12.6. The molecule has 11 heteroatoms. The van der Waals surface area contributed by atoms with E-state index in [1.165, 1.54) is 21.0 Å². The van der Waals surface area contributed by atoms with Crippen molar-refractivity contribution < 1.29 is 28.6 Å². The number of carbonyl (C=O) groups is 3. The Morgan fingerprint density at radius 3 is 2.48 bits per heavy atom. The topological polar surface area (TPSA) is 111 Å². The quantitative estimate of drug-likeness (QED) is 0.188. The first-order chi connectivity index (χ1) is 19.6. The third-order valence-corrected chi connectivity index (χ3v) is 7.49. The van der Waals surface area contributed by atoms with Gasteiger partial charge in [0.2, 0.25) is 5.91 Å². The molecule has 3 rings (SSSR count). The maximum Gasteiger partial charge on any atom is 0.237 e. The highest BCUT2D eigenvalue weighted by Gasteiger charge is 2.38. The third kappa shape index (κ3) is 8.47. The van der Waals surface area contributed by atoms with Crippen LogP contribution in [0.4, 0.5) is 10.1 Å². The summed E-state index contributed by atoms with van der Waals surface area (Å²) >= 11 is 0. The number of rotatable bonds is 13. The highest BCUT2D eigenvalue weighted by molar-refractivity contribution is 6.16. The number of halogens is 1. The molecule has 2 aromatic carbocycles. The van der Waals surface area contributed by atoms with Gasteiger partial charge in [0.1, 0.15) is 24.0 Å². The lowest BCUT2D eigenvalue weighted by atomic mass is 9.82. The van der Waals surface area contributed by atoms with Crippen molar-refractivity contribution in [1.29, 1.82) is 0 Å². The molecule has 1 heterocycles. The van der Waals surface area contributed by atoms with Gasteiger partial charge in [-0.2, -0.15) is 0 Å². The summed E-state index contributed by atoms with van der Waals surface area (Å²) < 4.78 is 21.4. The Bertz CT molecular complexity index is 1270. The molecule has 0 aromatic heterocycles. The molecule has 42 heavy (non-hydrogen) atoms. The van der Waals surface area contributed by atoms with Gasteiger partial charge in [0.15, 0.2) is 7.85 Å². The third-order valence-electron chi connectivity index (χ3n) is 7.49. The van der Waals surface area contributed by atoms with Crippen LogP contribution in [-0.4, -0.2) is 85.7 Å². The summed E-state index contributed by atoms with van der Waals surface area (Å²) in [6.45, 7) is 10.3. The lowest BCUT2D eigenvalue weighted by molar-refractivity contribution is -0.182. The van der Waals surface area contributed by atoms with Crippen molar-refractivity contribution in [3.05, 3.63) is 64.5 Å². The normalized spacial score (nSPS) is 18.6. The molecule has 2 unspecified atom stereocenters. The number of nitrogens with one attached hydrogen (secondary N) is 2. The van der Waals surface area contributed by atoms with Gasteiger partial charge in [0.05, 0.1) is 17.2 Å². The van der Waals surface area contributed by atoms with Crippen LogP contribution in [0, 0.1) is 5.82 Å².